The van der Waals surface area contributed by atoms with Crippen LogP contribution in [0.3, 0.4) is 0 Å². The van der Waals surface area contributed by atoms with E-state index in [0.29, 0.717) is 17.7 Å². The van der Waals surface area contributed by atoms with E-state index in [1.807, 2.05) is 6.92 Å². The van der Waals surface area contributed by atoms with E-state index in [9.17, 15) is 61.5 Å². The molecule has 18 heteroatoms. The molecule has 0 aliphatic heterocycles. The van der Waals surface area contributed by atoms with E-state index in [4.69, 9.17) is 9.47 Å². The Bertz CT molecular complexity index is 1190. The molecule has 0 saturated heterocycles. The topological polar surface area (TPSA) is 44.2 Å². The Morgan fingerprint density at radius 3 is 1.73 bits per heavy atom. The second-order valence-corrected chi connectivity index (χ2v) is 9.98. The summed E-state index contributed by atoms with van der Waals surface area (Å²) in [6, 6.07) is 6.11. The van der Waals surface area contributed by atoms with Gasteiger partial charge in [0.25, 0.3) is 0 Å². The van der Waals surface area contributed by atoms with Gasteiger partial charge >= 0.3 is 35.8 Å². The number of ether oxygens (including phenoxy) is 2. The first-order valence-corrected chi connectivity index (χ1v) is 13.4. The third-order valence-corrected chi connectivity index (χ3v) is 6.44. The van der Waals surface area contributed by atoms with Crippen molar-refractivity contribution in [3.05, 3.63) is 36.7 Å². The SMILES string of the molecule is CCCCCC[C@H](F)COc1ccc(-c2ncc(OCCCC(F)(F)C(F)(F)C(F)(F)C(F)(F)C(F)(F)C(F)(F)F)cn2)cc1. The van der Waals surface area contributed by atoms with Crippen LogP contribution in [0.15, 0.2) is 36.7 Å². The minimum atomic E-state index is -7.93. The largest absolute Gasteiger partial charge is 0.491 e. The van der Waals surface area contributed by atoms with Crippen LogP contribution in [-0.4, -0.2) is 65.1 Å². The molecule has 0 saturated carbocycles. The Balaban J connectivity index is 1.92. The Hall–Kier alpha value is -3.08. The number of benzene rings is 1. The summed E-state index contributed by atoms with van der Waals surface area (Å²) in [5.41, 5.74) is 0.445. The molecule has 4 nitrogen and oxygen atoms in total. The van der Waals surface area contributed by atoms with Gasteiger partial charge in [-0.3, -0.25) is 0 Å². The summed E-state index contributed by atoms with van der Waals surface area (Å²) >= 11 is 0. The average Bonchev–Trinajstić information content (AvgIpc) is 2.96. The molecule has 2 rings (SSSR count). The zero-order valence-corrected chi connectivity index (χ0v) is 23.4. The van der Waals surface area contributed by atoms with E-state index in [1.54, 1.807) is 0 Å². The first-order chi connectivity index (χ1) is 20.6. The number of hydrogen-bond donors (Lipinski definition) is 0. The summed E-state index contributed by atoms with van der Waals surface area (Å²) in [4.78, 5) is 7.84. The van der Waals surface area contributed by atoms with Gasteiger partial charge in [0.15, 0.2) is 11.6 Å². The second kappa shape index (κ2) is 14.6. The second-order valence-electron chi connectivity index (χ2n) is 9.98. The Labute approximate surface area is 248 Å². The van der Waals surface area contributed by atoms with Crippen molar-refractivity contribution in [1.29, 1.82) is 0 Å². The summed E-state index contributed by atoms with van der Waals surface area (Å²) in [5, 5.41) is 0. The zero-order chi connectivity index (χ0) is 34.3. The van der Waals surface area contributed by atoms with Gasteiger partial charge in [0.2, 0.25) is 0 Å². The van der Waals surface area contributed by atoms with Gasteiger partial charge in [-0.15, -0.1) is 0 Å². The van der Waals surface area contributed by atoms with Crippen LogP contribution in [0.1, 0.15) is 51.9 Å². The van der Waals surface area contributed by atoms with Gasteiger partial charge in [0, 0.05) is 12.0 Å². The molecule has 1 heterocycles. The van der Waals surface area contributed by atoms with Crippen LogP contribution >= 0.6 is 0 Å². The number of aromatic nitrogens is 2. The average molecular weight is 679 g/mol. The van der Waals surface area contributed by atoms with Crippen molar-refractivity contribution < 1.29 is 70.9 Å². The van der Waals surface area contributed by atoms with Gasteiger partial charge < -0.3 is 9.47 Å². The molecule has 0 amide bonds. The van der Waals surface area contributed by atoms with Crippen molar-refractivity contribution in [3.8, 4) is 22.9 Å². The minimum Gasteiger partial charge on any atom is -0.491 e. The molecule has 0 spiro atoms. The lowest BCUT2D eigenvalue weighted by Gasteiger charge is -2.39. The number of alkyl halides is 14. The van der Waals surface area contributed by atoms with Gasteiger partial charge in [-0.1, -0.05) is 32.6 Å². The van der Waals surface area contributed by atoms with Crippen LogP contribution in [0.4, 0.5) is 61.5 Å². The Kier molecular flexibility index (Phi) is 12.3. The van der Waals surface area contributed by atoms with Gasteiger partial charge in [-0.25, -0.2) is 14.4 Å². The highest BCUT2D eigenvalue weighted by Crippen LogP contribution is 2.60. The number of nitrogens with zero attached hydrogens (tertiary/aromatic N) is 2. The van der Waals surface area contributed by atoms with Crippen LogP contribution in [0.25, 0.3) is 11.4 Å². The lowest BCUT2D eigenvalue weighted by Crippen LogP contribution is -2.70. The number of rotatable bonds is 18. The molecule has 0 N–H and O–H groups in total. The number of hydrogen-bond acceptors (Lipinski definition) is 4. The third-order valence-electron chi connectivity index (χ3n) is 6.44. The normalized spacial score (nSPS) is 14.4. The Morgan fingerprint density at radius 1 is 0.644 bits per heavy atom. The Morgan fingerprint density at radius 2 is 1.20 bits per heavy atom. The summed E-state index contributed by atoms with van der Waals surface area (Å²) in [6.45, 7) is 0.953. The monoisotopic (exact) mass is 678 g/mol. The zero-order valence-electron chi connectivity index (χ0n) is 23.4. The molecule has 1 aromatic carbocycles. The lowest BCUT2D eigenvalue weighted by molar-refractivity contribution is -0.440. The molecule has 2 aromatic rings. The van der Waals surface area contributed by atoms with E-state index in [0.717, 1.165) is 38.1 Å². The molecule has 45 heavy (non-hydrogen) atoms. The maximum absolute atomic E-state index is 13.9. The quantitative estimate of drug-likeness (QED) is 0.116. The summed E-state index contributed by atoms with van der Waals surface area (Å²) in [6.07, 6.45) is -6.12. The molecule has 0 aliphatic rings. The maximum atomic E-state index is 13.9. The van der Waals surface area contributed by atoms with Gasteiger partial charge in [0.05, 0.1) is 19.0 Å². The van der Waals surface area contributed by atoms with E-state index in [-0.39, 0.29) is 18.2 Å². The van der Waals surface area contributed by atoms with Crippen LogP contribution < -0.4 is 9.47 Å². The molecule has 0 aliphatic carbocycles. The van der Waals surface area contributed by atoms with Crippen molar-refractivity contribution in [2.24, 2.45) is 0 Å². The highest BCUT2D eigenvalue weighted by atomic mass is 19.4. The van der Waals surface area contributed by atoms with Crippen LogP contribution in [0, 0.1) is 0 Å². The summed E-state index contributed by atoms with van der Waals surface area (Å²) in [7, 11) is 0. The maximum Gasteiger partial charge on any atom is 0.460 e. The van der Waals surface area contributed by atoms with Crippen molar-refractivity contribution >= 4 is 0 Å². The van der Waals surface area contributed by atoms with E-state index in [2.05, 4.69) is 9.97 Å². The molecule has 256 valence electrons. The fourth-order valence-electron chi connectivity index (χ4n) is 3.75. The van der Waals surface area contributed by atoms with Crippen LogP contribution in [0.2, 0.25) is 0 Å². The molecule has 1 aromatic heterocycles. The summed E-state index contributed by atoms with van der Waals surface area (Å²) in [5.74, 6) is -36.8. The van der Waals surface area contributed by atoms with Gasteiger partial charge in [0.1, 0.15) is 18.5 Å². The fraction of sp³-hybridized carbons (Fsp3) is 0.630. The van der Waals surface area contributed by atoms with Crippen LogP contribution in [-0.2, 0) is 0 Å². The van der Waals surface area contributed by atoms with Gasteiger partial charge in [-0.05, 0) is 37.1 Å². The van der Waals surface area contributed by atoms with Crippen molar-refractivity contribution in [1.82, 2.24) is 9.97 Å². The summed E-state index contributed by atoms with van der Waals surface area (Å²) < 4.78 is 196. The molecular formula is C27H28F14N2O2. The van der Waals surface area contributed by atoms with Crippen molar-refractivity contribution in [3.63, 3.8) is 0 Å². The first kappa shape index (κ1) is 38.1. The lowest BCUT2D eigenvalue weighted by atomic mass is 9.92. The number of unbranched alkanes of at least 4 members (excludes halogenated alkanes) is 3. The molecule has 0 radical (unpaired) electrons. The first-order valence-electron chi connectivity index (χ1n) is 13.4. The number of halogens is 14. The molecule has 0 fully saturated rings. The fourth-order valence-corrected chi connectivity index (χ4v) is 3.75. The molecular weight excluding hydrogens is 650 g/mol. The molecule has 0 bridgehead atoms. The van der Waals surface area contributed by atoms with E-state index < -0.39 is 61.4 Å². The van der Waals surface area contributed by atoms with E-state index >= 15 is 0 Å². The molecule has 1 atom stereocenters. The minimum absolute atomic E-state index is 0.109. The predicted molar refractivity (Wildman–Crippen MR) is 132 cm³/mol. The highest BCUT2D eigenvalue weighted by Gasteiger charge is 2.90. The third kappa shape index (κ3) is 8.60. The van der Waals surface area contributed by atoms with E-state index in [1.165, 1.54) is 24.3 Å². The van der Waals surface area contributed by atoms with Crippen LogP contribution in [0.5, 0.6) is 11.5 Å². The molecule has 0 unspecified atom stereocenters. The van der Waals surface area contributed by atoms with Gasteiger partial charge in [-0.2, -0.15) is 57.1 Å². The van der Waals surface area contributed by atoms with Crippen molar-refractivity contribution in [2.75, 3.05) is 13.2 Å². The standard InChI is InChI=1S/C27H28F14N2O2/c1-2-3-4-5-7-18(28)16-45-19-10-8-17(9-11-19)21-42-14-20(15-43-21)44-13-6-12-22(29,30)23(31,32)24(33,34)25(35,36)26(37,38)27(39,40)41/h8-11,14-15,18H,2-7,12-13,16H2,1H3/t18-/m0/s1. The predicted octanol–water partition coefficient (Wildman–Crippen LogP) is 9.73. The highest BCUT2D eigenvalue weighted by molar-refractivity contribution is 5.56. The van der Waals surface area contributed by atoms with Crippen molar-refractivity contribution in [2.45, 2.75) is 93.8 Å². The smallest absolute Gasteiger partial charge is 0.460 e.